The minimum absolute atomic E-state index is 0.266. The van der Waals surface area contributed by atoms with E-state index >= 15 is 0 Å². The summed E-state index contributed by atoms with van der Waals surface area (Å²) in [6, 6.07) is 59.4. The van der Waals surface area contributed by atoms with Gasteiger partial charge >= 0.3 is 0 Å². The van der Waals surface area contributed by atoms with Crippen LogP contribution in [0.5, 0.6) is 0 Å². The summed E-state index contributed by atoms with van der Waals surface area (Å²) in [4.78, 5) is 2.40. The minimum atomic E-state index is -0.266. The molecule has 11 rings (SSSR count). The number of nitrogens with zero attached hydrogens (tertiary/aromatic N) is 1. The summed E-state index contributed by atoms with van der Waals surface area (Å²) in [5, 5.41) is 7.48. The van der Waals surface area contributed by atoms with E-state index in [0.29, 0.717) is 0 Å². The highest BCUT2D eigenvalue weighted by atomic mass is 32.1. The first-order valence-corrected chi connectivity index (χ1v) is 18.8. The van der Waals surface area contributed by atoms with Gasteiger partial charge in [-0.1, -0.05) is 135 Å². The number of benzene rings is 8. The van der Waals surface area contributed by atoms with Crippen molar-refractivity contribution in [3.63, 3.8) is 0 Å². The molecule has 2 nitrogen and oxygen atoms in total. The predicted molar refractivity (Wildman–Crippen MR) is 222 cm³/mol. The Labute approximate surface area is 305 Å². The van der Waals surface area contributed by atoms with Gasteiger partial charge in [-0.05, 0) is 69.9 Å². The van der Waals surface area contributed by atoms with E-state index in [1.807, 2.05) is 11.3 Å². The summed E-state index contributed by atoms with van der Waals surface area (Å²) in [6.45, 7) is 4.76. The standard InChI is InChI=1S/C49H33NOS/c1-49(2)38-26-15-27-39(50(30-16-5-3-6-17-30)31-18-7-4-8-19-31)44(38)45-46(49)35-22-10-9-21-33(35)43-42-34(23-14-28-40(42)51-47(43)45)37-25-13-24-36-32-20-11-12-29-41(32)52-48(36)37/h3-29H,1-2H3. The van der Waals surface area contributed by atoms with Crippen LogP contribution in [0.4, 0.5) is 17.1 Å². The zero-order chi connectivity index (χ0) is 34.6. The van der Waals surface area contributed by atoms with E-state index < -0.39 is 0 Å². The average Bonchev–Trinajstić information content (AvgIpc) is 3.84. The Kier molecular flexibility index (Phi) is 6.21. The molecule has 0 aliphatic heterocycles. The van der Waals surface area contributed by atoms with Crippen molar-refractivity contribution in [2.45, 2.75) is 19.3 Å². The molecule has 52 heavy (non-hydrogen) atoms. The summed E-state index contributed by atoms with van der Waals surface area (Å²) in [5.41, 5.74) is 12.5. The quantitative estimate of drug-likeness (QED) is 0.184. The molecule has 0 fully saturated rings. The van der Waals surface area contributed by atoms with E-state index in [0.717, 1.165) is 28.2 Å². The zero-order valence-corrected chi connectivity index (χ0v) is 29.7. The Morgan fingerprint density at radius 1 is 0.500 bits per heavy atom. The van der Waals surface area contributed by atoms with Crippen LogP contribution in [0.1, 0.15) is 25.0 Å². The smallest absolute Gasteiger partial charge is 0.144 e. The van der Waals surface area contributed by atoms with Crippen LogP contribution in [-0.2, 0) is 5.41 Å². The molecule has 0 amide bonds. The first-order chi connectivity index (χ1) is 25.6. The van der Waals surface area contributed by atoms with Crippen LogP contribution < -0.4 is 4.90 Å². The third kappa shape index (κ3) is 4.00. The van der Waals surface area contributed by atoms with E-state index in [2.05, 4.69) is 183 Å². The second-order valence-electron chi connectivity index (χ2n) is 14.4. The van der Waals surface area contributed by atoms with Crippen molar-refractivity contribution in [3.8, 4) is 22.3 Å². The van der Waals surface area contributed by atoms with Crippen LogP contribution in [-0.4, -0.2) is 0 Å². The number of hydrogen-bond acceptors (Lipinski definition) is 3. The number of hydrogen-bond donors (Lipinski definition) is 0. The van der Waals surface area contributed by atoms with Gasteiger partial charge in [0.25, 0.3) is 0 Å². The third-order valence-electron chi connectivity index (χ3n) is 11.2. The number of thiophene rings is 1. The van der Waals surface area contributed by atoms with Gasteiger partial charge in [-0.3, -0.25) is 0 Å². The molecule has 1 aliphatic rings. The molecule has 0 spiro atoms. The van der Waals surface area contributed by atoms with E-state index in [9.17, 15) is 0 Å². The fourth-order valence-electron chi connectivity index (χ4n) is 9.05. The van der Waals surface area contributed by atoms with Crippen molar-refractivity contribution in [1.82, 2.24) is 0 Å². The Morgan fingerprint density at radius 2 is 1.12 bits per heavy atom. The predicted octanol–water partition coefficient (Wildman–Crippen LogP) is 14.6. The molecular formula is C49H33NOS. The number of fused-ring (bicyclic) bond motifs is 13. The van der Waals surface area contributed by atoms with Gasteiger partial charge in [0.1, 0.15) is 11.2 Å². The lowest BCUT2D eigenvalue weighted by Crippen LogP contribution is -2.16. The number of rotatable bonds is 4. The lowest BCUT2D eigenvalue weighted by molar-refractivity contribution is 0.658. The number of anilines is 3. The maximum atomic E-state index is 7.22. The third-order valence-corrected chi connectivity index (χ3v) is 12.4. The lowest BCUT2D eigenvalue weighted by Gasteiger charge is -2.28. The van der Waals surface area contributed by atoms with E-state index in [-0.39, 0.29) is 5.41 Å². The highest BCUT2D eigenvalue weighted by Crippen LogP contribution is 2.60. The molecule has 246 valence electrons. The Balaban J connectivity index is 1.28. The maximum Gasteiger partial charge on any atom is 0.144 e. The van der Waals surface area contributed by atoms with Crippen molar-refractivity contribution in [2.24, 2.45) is 0 Å². The average molecular weight is 684 g/mol. The van der Waals surface area contributed by atoms with Gasteiger partial charge in [0.05, 0.1) is 5.69 Å². The molecule has 8 aromatic carbocycles. The lowest BCUT2D eigenvalue weighted by atomic mass is 9.79. The topological polar surface area (TPSA) is 16.4 Å². The van der Waals surface area contributed by atoms with Crippen molar-refractivity contribution in [3.05, 3.63) is 175 Å². The van der Waals surface area contributed by atoms with Gasteiger partial charge in [-0.2, -0.15) is 0 Å². The highest BCUT2D eigenvalue weighted by Gasteiger charge is 2.42. The van der Waals surface area contributed by atoms with Crippen LogP contribution >= 0.6 is 11.3 Å². The molecule has 0 atom stereocenters. The molecular weight excluding hydrogens is 651 g/mol. The summed E-state index contributed by atoms with van der Waals surface area (Å²) in [7, 11) is 0. The van der Waals surface area contributed by atoms with Crippen LogP contribution in [0.2, 0.25) is 0 Å². The van der Waals surface area contributed by atoms with Gasteiger partial charge < -0.3 is 9.32 Å². The van der Waals surface area contributed by atoms with Crippen molar-refractivity contribution in [1.29, 1.82) is 0 Å². The van der Waals surface area contributed by atoms with Crippen molar-refractivity contribution in [2.75, 3.05) is 4.90 Å². The molecule has 2 aromatic heterocycles. The number of furan rings is 1. The summed E-state index contributed by atoms with van der Waals surface area (Å²) in [5.74, 6) is 0. The maximum absolute atomic E-state index is 7.22. The molecule has 0 saturated heterocycles. The molecule has 0 radical (unpaired) electrons. The van der Waals surface area contributed by atoms with Crippen LogP contribution in [0.3, 0.4) is 0 Å². The second kappa shape index (κ2) is 10.9. The molecule has 0 saturated carbocycles. The fourth-order valence-corrected chi connectivity index (χ4v) is 10.3. The molecule has 3 heteroatoms. The SMILES string of the molecule is CC1(C)c2cccc(N(c3ccccc3)c3ccccc3)c2-c2c1c1ccccc1c1c2oc2cccc(-c3cccc4c3sc3ccccc34)c21. The Morgan fingerprint density at radius 3 is 1.88 bits per heavy atom. The van der Waals surface area contributed by atoms with E-state index in [4.69, 9.17) is 4.42 Å². The molecule has 0 N–H and O–H groups in total. The molecule has 0 bridgehead atoms. The molecule has 0 unspecified atom stereocenters. The summed E-state index contributed by atoms with van der Waals surface area (Å²) >= 11 is 1.88. The molecule has 10 aromatic rings. The van der Waals surface area contributed by atoms with Gasteiger partial charge in [0, 0.05) is 64.4 Å². The zero-order valence-electron chi connectivity index (χ0n) is 28.9. The monoisotopic (exact) mass is 683 g/mol. The van der Waals surface area contributed by atoms with Crippen molar-refractivity contribution < 1.29 is 4.42 Å². The van der Waals surface area contributed by atoms with Crippen molar-refractivity contribution >= 4 is 81.3 Å². The van der Waals surface area contributed by atoms with Gasteiger partial charge in [0.15, 0.2) is 0 Å². The van der Waals surface area contributed by atoms with Gasteiger partial charge in [-0.25, -0.2) is 0 Å². The summed E-state index contributed by atoms with van der Waals surface area (Å²) < 4.78 is 9.84. The van der Waals surface area contributed by atoms with Gasteiger partial charge in [0.2, 0.25) is 0 Å². The number of para-hydroxylation sites is 2. The Hall–Kier alpha value is -6.16. The Bertz CT molecular complexity index is 3000. The molecule has 2 heterocycles. The van der Waals surface area contributed by atoms with Crippen LogP contribution in [0, 0.1) is 0 Å². The minimum Gasteiger partial charge on any atom is -0.455 e. The normalized spacial score (nSPS) is 13.3. The molecule has 1 aliphatic carbocycles. The first-order valence-electron chi connectivity index (χ1n) is 17.9. The first kappa shape index (κ1) is 29.6. The van der Waals surface area contributed by atoms with E-state index in [1.165, 1.54) is 75.1 Å². The highest BCUT2D eigenvalue weighted by molar-refractivity contribution is 7.26. The second-order valence-corrected chi connectivity index (χ2v) is 15.4. The van der Waals surface area contributed by atoms with E-state index in [1.54, 1.807) is 0 Å². The van der Waals surface area contributed by atoms with Crippen LogP contribution in [0.15, 0.2) is 168 Å². The largest absolute Gasteiger partial charge is 0.455 e. The fraction of sp³-hybridized carbons (Fsp3) is 0.0612. The van der Waals surface area contributed by atoms with Crippen LogP contribution in [0.25, 0.3) is 75.1 Å². The van der Waals surface area contributed by atoms with Gasteiger partial charge in [-0.15, -0.1) is 11.3 Å². The summed E-state index contributed by atoms with van der Waals surface area (Å²) in [6.07, 6.45) is 0.